The first kappa shape index (κ1) is 17.8. The first-order valence-electron chi connectivity index (χ1n) is 8.46. The van der Waals surface area contributed by atoms with Gasteiger partial charge in [0.25, 0.3) is 11.8 Å². The van der Waals surface area contributed by atoms with E-state index >= 15 is 0 Å². The normalized spacial score (nSPS) is 10.8. The molecule has 0 saturated carbocycles. The molecule has 0 radical (unpaired) electrons. The number of anilines is 1. The van der Waals surface area contributed by atoms with Crippen LogP contribution < -0.4 is 10.6 Å². The summed E-state index contributed by atoms with van der Waals surface area (Å²) in [6.07, 6.45) is 3.21. The van der Waals surface area contributed by atoms with Crippen molar-refractivity contribution in [2.24, 2.45) is 0 Å². The molecule has 8 heteroatoms. The maximum Gasteiger partial charge on any atom is 0.288 e. The number of furan rings is 1. The molecule has 1 aromatic carbocycles. The molecule has 0 saturated heterocycles. The number of rotatable bonds is 5. The molecule has 140 valence electrons. The van der Waals surface area contributed by atoms with E-state index < -0.39 is 11.8 Å². The molecule has 28 heavy (non-hydrogen) atoms. The third kappa shape index (κ3) is 3.60. The summed E-state index contributed by atoms with van der Waals surface area (Å²) < 4.78 is 6.78. The number of pyridine rings is 1. The SMILES string of the molecule is O=C(Nc1cccc(Cl)c1)c1nc(C(=O)NCc2ccco2)n2ccccc12. The predicted molar refractivity (Wildman–Crippen MR) is 104 cm³/mol. The molecular weight excluding hydrogens is 380 g/mol. The van der Waals surface area contributed by atoms with Crippen molar-refractivity contribution in [3.63, 3.8) is 0 Å². The highest BCUT2D eigenvalue weighted by Gasteiger charge is 2.21. The fourth-order valence-corrected chi connectivity index (χ4v) is 2.97. The minimum absolute atomic E-state index is 0.110. The summed E-state index contributed by atoms with van der Waals surface area (Å²) in [4.78, 5) is 29.6. The van der Waals surface area contributed by atoms with E-state index in [1.165, 1.54) is 6.26 Å². The minimum Gasteiger partial charge on any atom is -0.467 e. The van der Waals surface area contributed by atoms with Crippen LogP contribution in [0.2, 0.25) is 5.02 Å². The van der Waals surface area contributed by atoms with Crippen molar-refractivity contribution in [3.05, 3.63) is 89.4 Å². The van der Waals surface area contributed by atoms with Crippen molar-refractivity contribution in [1.29, 1.82) is 0 Å². The molecule has 0 aliphatic heterocycles. The summed E-state index contributed by atoms with van der Waals surface area (Å²) in [7, 11) is 0. The highest BCUT2D eigenvalue weighted by atomic mass is 35.5. The Bertz CT molecular complexity index is 1150. The number of halogens is 1. The monoisotopic (exact) mass is 394 g/mol. The first-order valence-corrected chi connectivity index (χ1v) is 8.84. The van der Waals surface area contributed by atoms with E-state index in [-0.39, 0.29) is 18.1 Å². The lowest BCUT2D eigenvalue weighted by molar-refractivity contribution is 0.0937. The topological polar surface area (TPSA) is 88.6 Å². The zero-order valence-corrected chi connectivity index (χ0v) is 15.3. The van der Waals surface area contributed by atoms with Gasteiger partial charge in [-0.1, -0.05) is 23.7 Å². The Balaban J connectivity index is 1.62. The van der Waals surface area contributed by atoms with Gasteiger partial charge in [-0.25, -0.2) is 4.98 Å². The van der Waals surface area contributed by atoms with Crippen molar-refractivity contribution >= 4 is 34.6 Å². The number of carbonyl (C=O) groups excluding carboxylic acids is 2. The van der Waals surface area contributed by atoms with Crippen LogP contribution in [-0.4, -0.2) is 21.2 Å². The zero-order chi connectivity index (χ0) is 19.5. The molecule has 4 rings (SSSR count). The summed E-state index contributed by atoms with van der Waals surface area (Å²) in [6.45, 7) is 0.220. The Morgan fingerprint density at radius 3 is 2.75 bits per heavy atom. The molecule has 3 heterocycles. The van der Waals surface area contributed by atoms with Crippen LogP contribution in [0.1, 0.15) is 26.9 Å². The molecule has 3 aromatic heterocycles. The van der Waals surface area contributed by atoms with Crippen molar-refractivity contribution in [2.75, 3.05) is 5.32 Å². The van der Waals surface area contributed by atoms with Gasteiger partial charge in [-0.15, -0.1) is 0 Å². The highest BCUT2D eigenvalue weighted by Crippen LogP contribution is 2.18. The second kappa shape index (κ2) is 7.58. The fraction of sp³-hybridized carbons (Fsp3) is 0.0500. The van der Waals surface area contributed by atoms with Crippen LogP contribution in [0.15, 0.2) is 71.5 Å². The van der Waals surface area contributed by atoms with Gasteiger partial charge in [0, 0.05) is 16.9 Å². The van der Waals surface area contributed by atoms with Crippen LogP contribution in [0, 0.1) is 0 Å². The largest absolute Gasteiger partial charge is 0.467 e. The Hall–Kier alpha value is -3.58. The van der Waals surface area contributed by atoms with E-state index in [1.54, 1.807) is 65.2 Å². The third-order valence-electron chi connectivity index (χ3n) is 4.05. The van der Waals surface area contributed by atoms with Gasteiger partial charge in [-0.2, -0.15) is 0 Å². The number of benzene rings is 1. The lowest BCUT2D eigenvalue weighted by atomic mass is 10.3. The van der Waals surface area contributed by atoms with Gasteiger partial charge in [-0.3, -0.25) is 14.0 Å². The van der Waals surface area contributed by atoms with E-state index in [2.05, 4.69) is 15.6 Å². The van der Waals surface area contributed by atoms with Gasteiger partial charge >= 0.3 is 0 Å². The van der Waals surface area contributed by atoms with Gasteiger partial charge < -0.3 is 15.1 Å². The van der Waals surface area contributed by atoms with Crippen LogP contribution >= 0.6 is 11.6 Å². The van der Waals surface area contributed by atoms with E-state index in [9.17, 15) is 9.59 Å². The van der Waals surface area contributed by atoms with Gasteiger partial charge in [0.15, 0.2) is 5.69 Å². The van der Waals surface area contributed by atoms with Crippen molar-refractivity contribution in [3.8, 4) is 0 Å². The van der Waals surface area contributed by atoms with Gasteiger partial charge in [-0.05, 0) is 42.5 Å². The standard InChI is InChI=1S/C20H15ClN4O3/c21-13-5-3-6-14(11-13)23-19(26)17-16-8-1-2-9-25(16)18(24-17)20(27)22-12-15-7-4-10-28-15/h1-11H,12H2,(H,22,27)(H,23,26). The number of hydrogen-bond donors (Lipinski definition) is 2. The Labute approximate surface area is 164 Å². The fourth-order valence-electron chi connectivity index (χ4n) is 2.78. The molecule has 0 fully saturated rings. The van der Waals surface area contributed by atoms with Crippen LogP contribution in [0.5, 0.6) is 0 Å². The van der Waals surface area contributed by atoms with E-state index in [0.29, 0.717) is 22.0 Å². The van der Waals surface area contributed by atoms with Gasteiger partial charge in [0.1, 0.15) is 5.76 Å². The Kier molecular flexibility index (Phi) is 4.82. The number of hydrogen-bond acceptors (Lipinski definition) is 4. The van der Waals surface area contributed by atoms with Crippen LogP contribution in [0.4, 0.5) is 5.69 Å². The second-order valence-electron chi connectivity index (χ2n) is 5.97. The molecule has 0 atom stereocenters. The van der Waals surface area contributed by atoms with Gasteiger partial charge in [0.05, 0.1) is 18.3 Å². The average Bonchev–Trinajstić information content (AvgIpc) is 3.34. The third-order valence-corrected chi connectivity index (χ3v) is 4.29. The summed E-state index contributed by atoms with van der Waals surface area (Å²) in [5.74, 6) is -0.123. The molecule has 2 N–H and O–H groups in total. The summed E-state index contributed by atoms with van der Waals surface area (Å²) in [6, 6.07) is 15.6. The summed E-state index contributed by atoms with van der Waals surface area (Å²) in [5.41, 5.74) is 1.20. The maximum absolute atomic E-state index is 12.7. The molecule has 0 aliphatic rings. The first-order chi connectivity index (χ1) is 13.6. The Morgan fingerprint density at radius 1 is 1.07 bits per heavy atom. The van der Waals surface area contributed by atoms with Crippen LogP contribution in [-0.2, 0) is 6.54 Å². The number of nitrogens with zero attached hydrogens (tertiary/aromatic N) is 2. The maximum atomic E-state index is 12.7. The van der Waals surface area contributed by atoms with E-state index in [0.717, 1.165) is 0 Å². The van der Waals surface area contributed by atoms with Crippen LogP contribution in [0.3, 0.4) is 0 Å². The highest BCUT2D eigenvalue weighted by molar-refractivity contribution is 6.31. The molecular formula is C20H15ClN4O3. The van der Waals surface area contributed by atoms with Crippen molar-refractivity contribution < 1.29 is 14.0 Å². The van der Waals surface area contributed by atoms with Crippen LogP contribution in [0.25, 0.3) is 5.52 Å². The molecule has 0 aliphatic carbocycles. The summed E-state index contributed by atoms with van der Waals surface area (Å²) >= 11 is 5.96. The lowest BCUT2D eigenvalue weighted by Gasteiger charge is -2.03. The molecule has 2 amide bonds. The Morgan fingerprint density at radius 2 is 1.96 bits per heavy atom. The quantitative estimate of drug-likeness (QED) is 0.539. The molecule has 0 bridgehead atoms. The van der Waals surface area contributed by atoms with E-state index in [4.69, 9.17) is 16.0 Å². The average molecular weight is 395 g/mol. The van der Waals surface area contributed by atoms with E-state index in [1.807, 2.05) is 0 Å². The molecule has 0 unspecified atom stereocenters. The number of carbonyl (C=O) groups is 2. The molecule has 7 nitrogen and oxygen atoms in total. The number of amides is 2. The smallest absolute Gasteiger partial charge is 0.288 e. The van der Waals surface area contributed by atoms with Gasteiger partial charge in [0.2, 0.25) is 5.82 Å². The molecule has 0 spiro atoms. The number of aromatic nitrogens is 2. The number of fused-ring (bicyclic) bond motifs is 1. The van der Waals surface area contributed by atoms with Crippen molar-refractivity contribution in [2.45, 2.75) is 6.54 Å². The zero-order valence-electron chi connectivity index (χ0n) is 14.6. The predicted octanol–water partition coefficient (Wildman–Crippen LogP) is 3.76. The number of imidazole rings is 1. The minimum atomic E-state index is -0.434. The summed E-state index contributed by atoms with van der Waals surface area (Å²) in [5, 5.41) is 5.99. The lowest BCUT2D eigenvalue weighted by Crippen LogP contribution is -2.25. The molecule has 4 aromatic rings. The second-order valence-corrected chi connectivity index (χ2v) is 6.40. The van der Waals surface area contributed by atoms with Crippen molar-refractivity contribution in [1.82, 2.24) is 14.7 Å². The number of nitrogens with one attached hydrogen (secondary N) is 2.